The Labute approximate surface area is 152 Å². The van der Waals surface area contributed by atoms with E-state index >= 15 is 0 Å². The van der Waals surface area contributed by atoms with Crippen LogP contribution in [0.15, 0.2) is 36.7 Å². The first kappa shape index (κ1) is 17.6. The minimum atomic E-state index is -0.179. The van der Waals surface area contributed by atoms with Gasteiger partial charge in [-0.3, -0.25) is 4.79 Å². The van der Waals surface area contributed by atoms with Crippen LogP contribution < -0.4 is 10.2 Å². The van der Waals surface area contributed by atoms with E-state index in [2.05, 4.69) is 32.0 Å². The summed E-state index contributed by atoms with van der Waals surface area (Å²) in [5.74, 6) is 0.818. The van der Waals surface area contributed by atoms with Gasteiger partial charge in [-0.25, -0.2) is 4.98 Å². The Kier molecular flexibility index (Phi) is 5.78. The van der Waals surface area contributed by atoms with Gasteiger partial charge in [-0.1, -0.05) is 25.2 Å². The minimum absolute atomic E-state index is 0.179. The van der Waals surface area contributed by atoms with Crippen molar-refractivity contribution in [1.29, 1.82) is 0 Å². The minimum Gasteiger partial charge on any atom is -0.354 e. The molecule has 0 aromatic carbocycles. The molecule has 132 valence electrons. The van der Waals surface area contributed by atoms with Crippen molar-refractivity contribution < 1.29 is 4.79 Å². The number of hydrogen-bond donors (Lipinski definition) is 2. The predicted octanol–water partition coefficient (Wildman–Crippen LogP) is 2.21. The number of hydrogen-bond acceptors (Lipinski definition) is 5. The third-order valence-electron chi connectivity index (χ3n) is 4.47. The van der Waals surface area contributed by atoms with Crippen LogP contribution in [0.1, 0.15) is 22.8 Å². The molecule has 0 saturated carbocycles. The first-order valence-corrected chi connectivity index (χ1v) is 8.96. The van der Waals surface area contributed by atoms with Crippen LogP contribution in [0, 0.1) is 4.64 Å². The van der Waals surface area contributed by atoms with Gasteiger partial charge in [0.2, 0.25) is 0 Å². The van der Waals surface area contributed by atoms with Crippen molar-refractivity contribution in [2.24, 2.45) is 0 Å². The third kappa shape index (κ3) is 4.43. The number of anilines is 1. The normalized spacial score (nSPS) is 15.2. The second kappa shape index (κ2) is 8.22. The van der Waals surface area contributed by atoms with Crippen molar-refractivity contribution in [3.8, 4) is 0 Å². The Morgan fingerprint density at radius 1 is 1.28 bits per heavy atom. The van der Waals surface area contributed by atoms with Crippen LogP contribution in [-0.4, -0.2) is 53.5 Å². The SMILES string of the molecule is CCN1CCN(c2ccc(CNC(=O)c3ccc[nH]c3=S)cn2)CC1. The zero-order valence-electron chi connectivity index (χ0n) is 14.4. The van der Waals surface area contributed by atoms with Crippen molar-refractivity contribution >= 4 is 23.9 Å². The molecule has 1 aliphatic rings. The van der Waals surface area contributed by atoms with Crippen molar-refractivity contribution in [2.75, 3.05) is 37.6 Å². The van der Waals surface area contributed by atoms with E-state index in [-0.39, 0.29) is 5.91 Å². The molecule has 2 aromatic rings. The summed E-state index contributed by atoms with van der Waals surface area (Å²) in [5.41, 5.74) is 1.45. The first-order valence-electron chi connectivity index (χ1n) is 8.55. The van der Waals surface area contributed by atoms with E-state index in [9.17, 15) is 4.79 Å². The molecule has 0 unspecified atom stereocenters. The van der Waals surface area contributed by atoms with E-state index in [1.807, 2.05) is 18.3 Å². The Morgan fingerprint density at radius 2 is 2.08 bits per heavy atom. The summed E-state index contributed by atoms with van der Waals surface area (Å²) in [5, 5.41) is 2.88. The molecule has 1 amide bonds. The van der Waals surface area contributed by atoms with Gasteiger partial charge in [0.1, 0.15) is 10.5 Å². The lowest BCUT2D eigenvalue weighted by Crippen LogP contribution is -2.46. The molecule has 0 radical (unpaired) electrons. The zero-order chi connectivity index (χ0) is 17.6. The Balaban J connectivity index is 1.55. The van der Waals surface area contributed by atoms with Crippen molar-refractivity contribution in [3.05, 3.63) is 52.4 Å². The molecular formula is C18H23N5OS. The highest BCUT2D eigenvalue weighted by Gasteiger charge is 2.16. The summed E-state index contributed by atoms with van der Waals surface area (Å²) in [6, 6.07) is 7.52. The quantitative estimate of drug-likeness (QED) is 0.804. The number of rotatable bonds is 5. The van der Waals surface area contributed by atoms with E-state index in [1.54, 1.807) is 18.3 Å². The summed E-state index contributed by atoms with van der Waals surface area (Å²) in [7, 11) is 0. The van der Waals surface area contributed by atoms with Crippen LogP contribution in [0.4, 0.5) is 5.82 Å². The fourth-order valence-electron chi connectivity index (χ4n) is 2.88. The molecule has 7 heteroatoms. The number of carbonyl (C=O) groups excluding carboxylic acids is 1. The second-order valence-electron chi connectivity index (χ2n) is 6.04. The van der Waals surface area contributed by atoms with Gasteiger partial charge < -0.3 is 20.1 Å². The molecule has 3 rings (SSSR count). The lowest BCUT2D eigenvalue weighted by atomic mass is 10.2. The molecule has 3 heterocycles. The van der Waals surface area contributed by atoms with Crippen LogP contribution in [0.2, 0.25) is 0 Å². The molecule has 0 aliphatic carbocycles. The van der Waals surface area contributed by atoms with Gasteiger partial charge in [-0.05, 0) is 30.3 Å². The topological polar surface area (TPSA) is 64.3 Å². The number of nitrogens with zero attached hydrogens (tertiary/aromatic N) is 3. The molecule has 1 saturated heterocycles. The molecule has 1 fully saturated rings. The standard InChI is InChI=1S/C18H23N5OS/c1-2-22-8-10-23(11-9-22)16-6-5-14(12-20-16)13-21-17(24)15-4-3-7-19-18(15)25/h3-7,12H,2,8-11,13H2,1H3,(H,19,25)(H,21,24). The Bertz CT molecular complexity index is 766. The van der Waals surface area contributed by atoms with E-state index in [0.717, 1.165) is 44.1 Å². The molecule has 1 aliphatic heterocycles. The fraction of sp³-hybridized carbons (Fsp3) is 0.389. The maximum atomic E-state index is 12.2. The number of piperazine rings is 1. The molecule has 0 atom stereocenters. The van der Waals surface area contributed by atoms with E-state index in [0.29, 0.717) is 16.7 Å². The van der Waals surface area contributed by atoms with Crippen LogP contribution in [0.25, 0.3) is 0 Å². The molecule has 2 aromatic heterocycles. The number of carbonyl (C=O) groups is 1. The average molecular weight is 357 g/mol. The van der Waals surface area contributed by atoms with Crippen LogP contribution in [-0.2, 0) is 6.54 Å². The van der Waals surface area contributed by atoms with Crippen LogP contribution in [0.5, 0.6) is 0 Å². The van der Waals surface area contributed by atoms with Gasteiger partial charge in [0.15, 0.2) is 0 Å². The van der Waals surface area contributed by atoms with Crippen LogP contribution >= 0.6 is 12.2 Å². The fourth-order valence-corrected chi connectivity index (χ4v) is 3.11. The first-order chi connectivity index (χ1) is 12.2. The maximum Gasteiger partial charge on any atom is 0.254 e. The zero-order valence-corrected chi connectivity index (χ0v) is 15.2. The highest BCUT2D eigenvalue weighted by atomic mass is 32.1. The summed E-state index contributed by atoms with van der Waals surface area (Å²) >= 11 is 5.13. The lowest BCUT2D eigenvalue weighted by molar-refractivity contribution is 0.0950. The molecule has 0 bridgehead atoms. The highest BCUT2D eigenvalue weighted by molar-refractivity contribution is 7.71. The number of H-pyrrole nitrogens is 1. The number of aromatic nitrogens is 2. The Morgan fingerprint density at radius 3 is 2.72 bits per heavy atom. The molecule has 25 heavy (non-hydrogen) atoms. The molecular weight excluding hydrogens is 334 g/mol. The number of aromatic amines is 1. The van der Waals surface area contributed by atoms with Gasteiger partial charge >= 0.3 is 0 Å². The Hall–Kier alpha value is -2.25. The largest absolute Gasteiger partial charge is 0.354 e. The van der Waals surface area contributed by atoms with E-state index in [4.69, 9.17) is 12.2 Å². The van der Waals surface area contributed by atoms with Gasteiger partial charge in [-0.2, -0.15) is 0 Å². The second-order valence-corrected chi connectivity index (χ2v) is 6.45. The number of nitrogens with one attached hydrogen (secondary N) is 2. The van der Waals surface area contributed by atoms with E-state index < -0.39 is 0 Å². The van der Waals surface area contributed by atoms with Gasteiger partial charge in [0.05, 0.1) is 5.56 Å². The van der Waals surface area contributed by atoms with Crippen molar-refractivity contribution in [1.82, 2.24) is 20.2 Å². The summed E-state index contributed by atoms with van der Waals surface area (Å²) in [6.45, 7) is 7.89. The number of likely N-dealkylation sites (N-methyl/N-ethyl adjacent to an activating group) is 1. The summed E-state index contributed by atoms with van der Waals surface area (Å²) in [6.07, 6.45) is 3.54. The average Bonchev–Trinajstić information content (AvgIpc) is 2.67. The van der Waals surface area contributed by atoms with Crippen molar-refractivity contribution in [2.45, 2.75) is 13.5 Å². The maximum absolute atomic E-state index is 12.2. The summed E-state index contributed by atoms with van der Waals surface area (Å²) < 4.78 is 0.444. The number of amides is 1. The molecule has 6 nitrogen and oxygen atoms in total. The molecule has 2 N–H and O–H groups in total. The smallest absolute Gasteiger partial charge is 0.254 e. The third-order valence-corrected chi connectivity index (χ3v) is 4.81. The highest BCUT2D eigenvalue weighted by Crippen LogP contribution is 2.14. The van der Waals surface area contributed by atoms with Gasteiger partial charge in [0.25, 0.3) is 5.91 Å². The monoisotopic (exact) mass is 357 g/mol. The van der Waals surface area contributed by atoms with Crippen molar-refractivity contribution in [3.63, 3.8) is 0 Å². The van der Waals surface area contributed by atoms with E-state index in [1.165, 1.54) is 0 Å². The van der Waals surface area contributed by atoms with Gasteiger partial charge in [-0.15, -0.1) is 0 Å². The number of pyridine rings is 2. The van der Waals surface area contributed by atoms with Gasteiger partial charge in [0, 0.05) is 45.1 Å². The van der Waals surface area contributed by atoms with Crippen LogP contribution in [0.3, 0.4) is 0 Å². The lowest BCUT2D eigenvalue weighted by Gasteiger charge is -2.34. The summed E-state index contributed by atoms with van der Waals surface area (Å²) in [4.78, 5) is 24.3. The molecule has 0 spiro atoms. The predicted molar refractivity (Wildman–Crippen MR) is 101 cm³/mol.